The Hall–Kier alpha value is -2.25. The lowest BCUT2D eigenvalue weighted by Gasteiger charge is -2.33. The lowest BCUT2D eigenvalue weighted by Crippen LogP contribution is -2.41. The summed E-state index contributed by atoms with van der Waals surface area (Å²) in [5, 5.41) is 2.77. The maximum Gasteiger partial charge on any atom is 0.254 e. The first kappa shape index (κ1) is 15.3. The van der Waals surface area contributed by atoms with E-state index in [4.69, 9.17) is 9.15 Å². The van der Waals surface area contributed by atoms with Gasteiger partial charge in [-0.3, -0.25) is 14.7 Å². The van der Waals surface area contributed by atoms with E-state index in [1.54, 1.807) is 18.7 Å². The van der Waals surface area contributed by atoms with Crippen LogP contribution in [0.2, 0.25) is 0 Å². The van der Waals surface area contributed by atoms with Crippen molar-refractivity contribution in [2.24, 2.45) is 5.92 Å². The summed E-state index contributed by atoms with van der Waals surface area (Å²) in [5.74, 6) is 1.72. The fourth-order valence-corrected chi connectivity index (χ4v) is 3.50. The van der Waals surface area contributed by atoms with Gasteiger partial charge in [0.25, 0.3) is 5.91 Å². The van der Waals surface area contributed by atoms with Gasteiger partial charge in [0.15, 0.2) is 5.82 Å². The lowest BCUT2D eigenvalue weighted by molar-refractivity contribution is -0.127. The molecule has 3 atom stereocenters. The molecule has 1 N–H and O–H groups in total. The first-order chi connectivity index (χ1) is 11.8. The minimum atomic E-state index is -0.412. The number of amides is 1. The molecule has 0 saturated carbocycles. The predicted octanol–water partition coefficient (Wildman–Crippen LogP) is 1.69. The summed E-state index contributed by atoms with van der Waals surface area (Å²) in [4.78, 5) is 22.7. The van der Waals surface area contributed by atoms with E-state index in [1.807, 2.05) is 12.1 Å². The number of rotatable bonds is 4. The summed E-state index contributed by atoms with van der Waals surface area (Å²) in [6, 6.07) is 3.89. The minimum Gasteiger partial charge on any atom is -0.468 e. The van der Waals surface area contributed by atoms with Crippen LogP contribution < -0.4 is 5.32 Å². The lowest BCUT2D eigenvalue weighted by atomic mass is 9.91. The topological polar surface area (TPSA) is 80.5 Å². The number of piperidine rings is 1. The van der Waals surface area contributed by atoms with Gasteiger partial charge in [0, 0.05) is 18.9 Å². The van der Waals surface area contributed by atoms with E-state index in [0.717, 1.165) is 38.2 Å². The number of nitrogens with one attached hydrogen (secondary N) is 1. The second kappa shape index (κ2) is 6.70. The highest BCUT2D eigenvalue weighted by atomic mass is 16.5. The van der Waals surface area contributed by atoms with Crippen molar-refractivity contribution < 1.29 is 13.9 Å². The summed E-state index contributed by atoms with van der Waals surface area (Å²) in [6.45, 7) is 2.63. The summed E-state index contributed by atoms with van der Waals surface area (Å²) in [7, 11) is 0. The third-order valence-corrected chi connectivity index (χ3v) is 4.70. The van der Waals surface area contributed by atoms with Gasteiger partial charge >= 0.3 is 0 Å². The predicted molar refractivity (Wildman–Crippen MR) is 86.0 cm³/mol. The molecule has 1 amide bonds. The summed E-state index contributed by atoms with van der Waals surface area (Å²) >= 11 is 0. The number of carbonyl (C=O) groups excluding carboxylic acids is 1. The standard InChI is InChI=1S/C17H20N4O3/c22-17(20-16-9-18-4-5-19-16)14-8-12-3-6-21(11-15(12)24-14)10-13-2-1-7-23-13/h1-2,4-5,7,9,12,14-15H,3,6,8,10-11H2,(H,19,20,22)/t12-,14-,15+/m0/s1. The van der Waals surface area contributed by atoms with Gasteiger partial charge in [0.2, 0.25) is 0 Å². The number of nitrogens with zero attached hydrogens (tertiary/aromatic N) is 3. The fraction of sp³-hybridized carbons (Fsp3) is 0.471. The molecule has 0 aliphatic carbocycles. The van der Waals surface area contributed by atoms with Crippen molar-refractivity contribution in [3.05, 3.63) is 42.7 Å². The molecule has 2 saturated heterocycles. The molecular weight excluding hydrogens is 308 g/mol. The van der Waals surface area contributed by atoms with Gasteiger partial charge in [-0.2, -0.15) is 0 Å². The van der Waals surface area contributed by atoms with E-state index < -0.39 is 6.10 Å². The number of aromatic nitrogens is 2. The molecule has 0 spiro atoms. The van der Waals surface area contributed by atoms with Crippen LogP contribution in [0.5, 0.6) is 0 Å². The first-order valence-electron chi connectivity index (χ1n) is 8.25. The molecule has 24 heavy (non-hydrogen) atoms. The highest BCUT2D eigenvalue weighted by Crippen LogP contribution is 2.34. The zero-order valence-corrected chi connectivity index (χ0v) is 13.3. The molecule has 4 rings (SSSR count). The van der Waals surface area contributed by atoms with Crippen LogP contribution >= 0.6 is 0 Å². The monoisotopic (exact) mass is 328 g/mol. The Bertz CT molecular complexity index is 676. The number of likely N-dealkylation sites (tertiary alicyclic amines) is 1. The average molecular weight is 328 g/mol. The Kier molecular flexibility index (Phi) is 4.27. The summed E-state index contributed by atoms with van der Waals surface area (Å²) in [5.41, 5.74) is 0. The maximum atomic E-state index is 12.4. The molecule has 2 aliphatic rings. The first-order valence-corrected chi connectivity index (χ1v) is 8.25. The van der Waals surface area contributed by atoms with Gasteiger partial charge < -0.3 is 14.5 Å². The zero-order valence-electron chi connectivity index (χ0n) is 13.3. The number of anilines is 1. The molecule has 4 heterocycles. The second-order valence-corrected chi connectivity index (χ2v) is 6.34. The molecule has 126 valence electrons. The average Bonchev–Trinajstić information content (AvgIpc) is 3.25. The molecule has 0 radical (unpaired) electrons. The van der Waals surface area contributed by atoms with E-state index in [2.05, 4.69) is 20.2 Å². The van der Waals surface area contributed by atoms with Crippen LogP contribution in [-0.2, 0) is 16.1 Å². The van der Waals surface area contributed by atoms with E-state index in [1.165, 1.54) is 6.20 Å². The molecule has 2 aromatic rings. The van der Waals surface area contributed by atoms with Crippen molar-refractivity contribution in [2.45, 2.75) is 31.6 Å². The van der Waals surface area contributed by atoms with Crippen LogP contribution in [-0.4, -0.2) is 46.1 Å². The number of hydrogen-bond acceptors (Lipinski definition) is 6. The molecule has 0 unspecified atom stereocenters. The van der Waals surface area contributed by atoms with E-state index >= 15 is 0 Å². The van der Waals surface area contributed by atoms with Crippen LogP contribution in [0.25, 0.3) is 0 Å². The van der Waals surface area contributed by atoms with Crippen molar-refractivity contribution in [1.29, 1.82) is 0 Å². The largest absolute Gasteiger partial charge is 0.468 e. The van der Waals surface area contributed by atoms with Crippen molar-refractivity contribution in [1.82, 2.24) is 14.9 Å². The number of hydrogen-bond donors (Lipinski definition) is 1. The van der Waals surface area contributed by atoms with Crippen molar-refractivity contribution in [3.8, 4) is 0 Å². The van der Waals surface area contributed by atoms with Crippen LogP contribution in [0.1, 0.15) is 18.6 Å². The Labute approximate surface area is 140 Å². The van der Waals surface area contributed by atoms with Crippen LogP contribution in [0, 0.1) is 5.92 Å². The normalized spacial score (nSPS) is 26.9. The molecule has 2 aliphatic heterocycles. The van der Waals surface area contributed by atoms with Gasteiger partial charge in [-0.25, -0.2) is 4.98 Å². The highest BCUT2D eigenvalue weighted by molar-refractivity contribution is 5.93. The Balaban J connectivity index is 1.33. The summed E-state index contributed by atoms with van der Waals surface area (Å²) in [6.07, 6.45) is 7.86. The number of fused-ring (bicyclic) bond motifs is 1. The molecule has 0 bridgehead atoms. The Morgan fingerprint density at radius 3 is 3.17 bits per heavy atom. The fourth-order valence-electron chi connectivity index (χ4n) is 3.50. The van der Waals surface area contributed by atoms with Crippen molar-refractivity contribution in [2.75, 3.05) is 18.4 Å². The van der Waals surface area contributed by atoms with Gasteiger partial charge in [0.05, 0.1) is 25.1 Å². The van der Waals surface area contributed by atoms with Gasteiger partial charge in [0.1, 0.15) is 11.9 Å². The van der Waals surface area contributed by atoms with E-state index in [0.29, 0.717) is 11.7 Å². The van der Waals surface area contributed by atoms with Crippen molar-refractivity contribution >= 4 is 11.7 Å². The second-order valence-electron chi connectivity index (χ2n) is 6.34. The smallest absolute Gasteiger partial charge is 0.254 e. The maximum absolute atomic E-state index is 12.4. The van der Waals surface area contributed by atoms with Gasteiger partial charge in [-0.1, -0.05) is 0 Å². The van der Waals surface area contributed by atoms with E-state index in [9.17, 15) is 4.79 Å². The minimum absolute atomic E-state index is 0.103. The third-order valence-electron chi connectivity index (χ3n) is 4.70. The quantitative estimate of drug-likeness (QED) is 0.920. The molecule has 2 fully saturated rings. The third kappa shape index (κ3) is 3.32. The SMILES string of the molecule is O=C(Nc1cnccn1)[C@@H]1C[C@@H]2CCN(Cc3ccco3)C[C@H]2O1. The molecule has 7 heteroatoms. The van der Waals surface area contributed by atoms with Crippen LogP contribution in [0.3, 0.4) is 0 Å². The zero-order chi connectivity index (χ0) is 16.4. The Morgan fingerprint density at radius 2 is 2.38 bits per heavy atom. The molecule has 7 nitrogen and oxygen atoms in total. The van der Waals surface area contributed by atoms with Gasteiger partial charge in [-0.15, -0.1) is 0 Å². The number of ether oxygens (including phenoxy) is 1. The molecule has 2 aromatic heterocycles. The molecular formula is C17H20N4O3. The van der Waals surface area contributed by atoms with Gasteiger partial charge in [-0.05, 0) is 37.4 Å². The van der Waals surface area contributed by atoms with Crippen LogP contribution in [0.15, 0.2) is 41.4 Å². The highest BCUT2D eigenvalue weighted by Gasteiger charge is 2.41. The molecule has 0 aromatic carbocycles. The van der Waals surface area contributed by atoms with Crippen molar-refractivity contribution in [3.63, 3.8) is 0 Å². The van der Waals surface area contributed by atoms with E-state index in [-0.39, 0.29) is 12.0 Å². The number of carbonyl (C=O) groups is 1. The number of furan rings is 1. The Morgan fingerprint density at radius 1 is 1.42 bits per heavy atom. The summed E-state index contributed by atoms with van der Waals surface area (Å²) < 4.78 is 11.4. The van der Waals surface area contributed by atoms with Crippen LogP contribution in [0.4, 0.5) is 5.82 Å².